The van der Waals surface area contributed by atoms with Gasteiger partial charge in [-0.2, -0.15) is 0 Å². The van der Waals surface area contributed by atoms with E-state index in [1.54, 1.807) is 0 Å². The zero-order valence-electron chi connectivity index (χ0n) is 10.5. The Morgan fingerprint density at radius 1 is 1.26 bits per heavy atom. The van der Waals surface area contributed by atoms with Crippen LogP contribution in [0.2, 0.25) is 0 Å². The Morgan fingerprint density at radius 2 is 2.05 bits per heavy atom. The number of carboxylic acids is 1. The van der Waals surface area contributed by atoms with Crippen molar-refractivity contribution in [2.45, 2.75) is 25.3 Å². The number of ether oxygens (including phenoxy) is 2. The summed E-state index contributed by atoms with van der Waals surface area (Å²) in [5.74, 6) is -1.03. The third-order valence-corrected chi connectivity index (χ3v) is 4.37. The molecule has 4 atom stereocenters. The van der Waals surface area contributed by atoms with Crippen LogP contribution in [0.1, 0.15) is 19.3 Å². The Labute approximate surface area is 110 Å². The Balaban J connectivity index is 1.70. The molecule has 0 aromatic rings. The van der Waals surface area contributed by atoms with E-state index in [1.807, 2.05) is 0 Å². The van der Waals surface area contributed by atoms with E-state index >= 15 is 0 Å². The monoisotopic (exact) mass is 267 g/mol. The average Bonchev–Trinajstić information content (AvgIpc) is 3.00. The van der Waals surface area contributed by atoms with Crippen molar-refractivity contribution in [3.63, 3.8) is 0 Å². The molecule has 2 N–H and O–H groups in total. The summed E-state index contributed by atoms with van der Waals surface area (Å²) in [5, 5.41) is 12.1. The molecule has 1 amide bonds. The molecule has 2 aliphatic carbocycles. The smallest absolute Gasteiger partial charge is 0.308 e. The van der Waals surface area contributed by atoms with E-state index in [9.17, 15) is 14.7 Å². The number of rotatable bonds is 3. The number of fused-ring (bicyclic) bond motifs is 2. The van der Waals surface area contributed by atoms with E-state index in [0.717, 1.165) is 19.3 Å². The number of aliphatic carboxylic acids is 1. The van der Waals surface area contributed by atoms with Gasteiger partial charge >= 0.3 is 5.97 Å². The lowest BCUT2D eigenvalue weighted by atomic mass is 9.84. The number of amides is 1. The summed E-state index contributed by atoms with van der Waals surface area (Å²) in [4.78, 5) is 23.4. The lowest BCUT2D eigenvalue weighted by Crippen LogP contribution is -2.47. The van der Waals surface area contributed by atoms with Crippen LogP contribution >= 0.6 is 0 Å². The van der Waals surface area contributed by atoms with Gasteiger partial charge in [0.05, 0.1) is 5.92 Å². The topological polar surface area (TPSA) is 84.9 Å². The van der Waals surface area contributed by atoms with Crippen molar-refractivity contribution < 1.29 is 24.2 Å². The average molecular weight is 267 g/mol. The first-order valence-electron chi connectivity index (χ1n) is 6.65. The van der Waals surface area contributed by atoms with Gasteiger partial charge in [-0.05, 0) is 31.1 Å². The molecule has 6 nitrogen and oxygen atoms in total. The highest BCUT2D eigenvalue weighted by Gasteiger charge is 2.51. The zero-order chi connectivity index (χ0) is 13.4. The van der Waals surface area contributed by atoms with Gasteiger partial charge < -0.3 is 19.9 Å². The standard InChI is InChI=1S/C13H17NO5/c15-12(9-6-18-3-4-19-9)14-11-8-2-1-7(5-8)10(11)13(16)17/h6-8,10-11H,1-5H2,(H,14,15)(H,16,17). The Morgan fingerprint density at radius 3 is 2.74 bits per heavy atom. The van der Waals surface area contributed by atoms with Gasteiger partial charge in [0.15, 0.2) is 0 Å². The lowest BCUT2D eigenvalue weighted by molar-refractivity contribution is -0.144. The van der Waals surface area contributed by atoms with Gasteiger partial charge in [0, 0.05) is 6.04 Å². The van der Waals surface area contributed by atoms with Gasteiger partial charge in [0.2, 0.25) is 5.76 Å². The van der Waals surface area contributed by atoms with Crippen molar-refractivity contribution in [3.05, 3.63) is 12.0 Å². The van der Waals surface area contributed by atoms with E-state index < -0.39 is 11.9 Å². The van der Waals surface area contributed by atoms with Crippen LogP contribution in [0.5, 0.6) is 0 Å². The Kier molecular flexibility index (Phi) is 3.08. The zero-order valence-corrected chi connectivity index (χ0v) is 10.5. The molecule has 1 heterocycles. The minimum absolute atomic E-state index is 0.137. The van der Waals surface area contributed by atoms with Crippen molar-refractivity contribution >= 4 is 11.9 Å². The molecule has 4 unspecified atom stereocenters. The van der Waals surface area contributed by atoms with Crippen molar-refractivity contribution in [2.75, 3.05) is 13.2 Å². The van der Waals surface area contributed by atoms with Crippen molar-refractivity contribution in [3.8, 4) is 0 Å². The Bertz CT molecular complexity index is 433. The molecule has 6 heteroatoms. The fourth-order valence-electron chi connectivity index (χ4n) is 3.56. The summed E-state index contributed by atoms with van der Waals surface area (Å²) in [6.45, 7) is 0.779. The van der Waals surface area contributed by atoms with Crippen molar-refractivity contribution in [1.82, 2.24) is 5.32 Å². The predicted molar refractivity (Wildman–Crippen MR) is 63.9 cm³/mol. The maximum Gasteiger partial charge on any atom is 0.308 e. The summed E-state index contributed by atoms with van der Waals surface area (Å²) in [5.41, 5.74) is 0. The second kappa shape index (κ2) is 4.75. The molecule has 2 fully saturated rings. The molecule has 0 radical (unpaired) electrons. The number of nitrogens with one attached hydrogen (secondary N) is 1. The minimum Gasteiger partial charge on any atom is -0.494 e. The molecular weight excluding hydrogens is 250 g/mol. The van der Waals surface area contributed by atoms with Crippen LogP contribution in [0.15, 0.2) is 12.0 Å². The highest BCUT2D eigenvalue weighted by atomic mass is 16.6. The highest BCUT2D eigenvalue weighted by Crippen LogP contribution is 2.48. The largest absolute Gasteiger partial charge is 0.494 e. The summed E-state index contributed by atoms with van der Waals surface area (Å²) in [6, 6.07) is -0.282. The summed E-state index contributed by atoms with van der Waals surface area (Å²) >= 11 is 0. The first-order valence-corrected chi connectivity index (χ1v) is 6.65. The molecule has 0 aromatic carbocycles. The number of carbonyl (C=O) groups excluding carboxylic acids is 1. The van der Waals surface area contributed by atoms with E-state index in [2.05, 4.69) is 5.32 Å². The SMILES string of the molecule is O=C(NC1C2CCC(C2)C1C(=O)O)C1=COCCO1. The number of hydrogen-bond acceptors (Lipinski definition) is 4. The maximum atomic E-state index is 12.0. The van der Waals surface area contributed by atoms with Crippen LogP contribution in [0.3, 0.4) is 0 Å². The van der Waals surface area contributed by atoms with Crippen LogP contribution < -0.4 is 5.32 Å². The third kappa shape index (κ3) is 2.15. The van der Waals surface area contributed by atoms with Gasteiger partial charge in [-0.3, -0.25) is 9.59 Å². The fraction of sp³-hybridized carbons (Fsp3) is 0.692. The van der Waals surface area contributed by atoms with Gasteiger partial charge in [-0.15, -0.1) is 0 Å². The number of carbonyl (C=O) groups is 2. The highest BCUT2D eigenvalue weighted by molar-refractivity contribution is 5.92. The summed E-state index contributed by atoms with van der Waals surface area (Å²) in [6.07, 6.45) is 4.15. The van der Waals surface area contributed by atoms with Crippen LogP contribution in [-0.4, -0.2) is 36.2 Å². The van der Waals surface area contributed by atoms with Crippen LogP contribution in [0, 0.1) is 17.8 Å². The lowest BCUT2D eigenvalue weighted by Gasteiger charge is -2.29. The summed E-state index contributed by atoms with van der Waals surface area (Å²) < 4.78 is 10.2. The van der Waals surface area contributed by atoms with E-state index in [0.29, 0.717) is 13.2 Å². The van der Waals surface area contributed by atoms with Gasteiger partial charge in [-0.1, -0.05) is 0 Å². The van der Waals surface area contributed by atoms with Crippen LogP contribution in [0.25, 0.3) is 0 Å². The molecule has 2 saturated carbocycles. The Hall–Kier alpha value is -1.72. The second-order valence-electron chi connectivity index (χ2n) is 5.40. The maximum absolute atomic E-state index is 12.0. The molecule has 3 rings (SSSR count). The molecule has 2 bridgehead atoms. The molecular formula is C13H17NO5. The molecule has 104 valence electrons. The number of carboxylic acid groups (broad SMARTS) is 1. The predicted octanol–water partition coefficient (Wildman–Crippen LogP) is 0.490. The normalized spacial score (nSPS) is 36.1. The molecule has 0 spiro atoms. The van der Waals surface area contributed by atoms with E-state index in [4.69, 9.17) is 9.47 Å². The molecule has 0 aromatic heterocycles. The molecule has 19 heavy (non-hydrogen) atoms. The van der Waals surface area contributed by atoms with E-state index in [-0.39, 0.29) is 29.5 Å². The third-order valence-electron chi connectivity index (χ3n) is 4.37. The second-order valence-corrected chi connectivity index (χ2v) is 5.40. The first-order chi connectivity index (χ1) is 9.16. The van der Waals surface area contributed by atoms with Crippen LogP contribution in [-0.2, 0) is 19.1 Å². The fourth-order valence-corrected chi connectivity index (χ4v) is 3.56. The van der Waals surface area contributed by atoms with Gasteiger partial charge in [0.1, 0.15) is 19.5 Å². The quantitative estimate of drug-likeness (QED) is 0.777. The van der Waals surface area contributed by atoms with Gasteiger partial charge in [0.25, 0.3) is 5.91 Å². The first kappa shape index (κ1) is 12.3. The van der Waals surface area contributed by atoms with Crippen molar-refractivity contribution in [2.24, 2.45) is 17.8 Å². The van der Waals surface area contributed by atoms with Gasteiger partial charge in [-0.25, -0.2) is 0 Å². The molecule has 3 aliphatic rings. The molecule has 0 saturated heterocycles. The summed E-state index contributed by atoms with van der Waals surface area (Å²) in [7, 11) is 0. The van der Waals surface area contributed by atoms with E-state index in [1.165, 1.54) is 6.26 Å². The van der Waals surface area contributed by atoms with Crippen LogP contribution in [0.4, 0.5) is 0 Å². The minimum atomic E-state index is -0.813. The van der Waals surface area contributed by atoms with Crippen molar-refractivity contribution in [1.29, 1.82) is 0 Å². The number of hydrogen-bond donors (Lipinski definition) is 2. The molecule has 1 aliphatic heterocycles.